The molecule has 0 aliphatic heterocycles. The number of rotatable bonds is 6. The van der Waals surface area contributed by atoms with Crippen molar-refractivity contribution in [1.82, 2.24) is 5.32 Å². The summed E-state index contributed by atoms with van der Waals surface area (Å²) in [6.45, 7) is 0.821. The monoisotopic (exact) mass is 329 g/mol. The summed E-state index contributed by atoms with van der Waals surface area (Å²) in [6.07, 6.45) is 6.77. The average Bonchev–Trinajstić information content (AvgIpc) is 2.86. The van der Waals surface area contributed by atoms with Crippen LogP contribution in [0.4, 0.5) is 0 Å². The molecule has 1 N–H and O–H groups in total. The van der Waals surface area contributed by atoms with Crippen LogP contribution in [-0.4, -0.2) is 17.8 Å². The number of aryl methyl sites for hydroxylation is 1. The molecule has 0 radical (unpaired) electrons. The topological polar surface area (TPSA) is 29.1 Å². The molecule has 0 spiro atoms. The molecular formula is C14H20BrNOS. The molecule has 1 aliphatic rings. The second-order valence-electron chi connectivity index (χ2n) is 4.78. The maximum absolute atomic E-state index is 12.2. The summed E-state index contributed by atoms with van der Waals surface area (Å²) >= 11 is 5.22. The minimum Gasteiger partial charge on any atom is -0.356 e. The number of nitrogens with one attached hydrogen (secondary N) is 1. The molecule has 1 aliphatic carbocycles. The van der Waals surface area contributed by atoms with Gasteiger partial charge in [-0.25, -0.2) is 0 Å². The quantitative estimate of drug-likeness (QED) is 0.623. The van der Waals surface area contributed by atoms with Gasteiger partial charge < -0.3 is 5.32 Å². The van der Waals surface area contributed by atoms with Crippen molar-refractivity contribution in [2.75, 3.05) is 11.9 Å². The Kier molecular flexibility index (Phi) is 5.70. The van der Waals surface area contributed by atoms with E-state index in [1.54, 1.807) is 11.3 Å². The molecule has 4 heteroatoms. The van der Waals surface area contributed by atoms with Crippen molar-refractivity contribution in [3.05, 3.63) is 21.9 Å². The number of hydrogen-bond donors (Lipinski definition) is 1. The van der Waals surface area contributed by atoms with Crippen LogP contribution in [0.25, 0.3) is 0 Å². The summed E-state index contributed by atoms with van der Waals surface area (Å²) in [7, 11) is 0. The molecule has 0 bridgehead atoms. The summed E-state index contributed by atoms with van der Waals surface area (Å²) < 4.78 is 0. The number of hydrogen-bond acceptors (Lipinski definition) is 2. The summed E-state index contributed by atoms with van der Waals surface area (Å²) in [5.41, 5.74) is 1.28. The smallest absolute Gasteiger partial charge is 0.227 e. The van der Waals surface area contributed by atoms with E-state index in [0.717, 1.165) is 37.6 Å². The largest absolute Gasteiger partial charge is 0.356 e. The minimum absolute atomic E-state index is 0.108. The summed E-state index contributed by atoms with van der Waals surface area (Å²) in [6, 6.07) is 2.13. The first-order valence-electron chi connectivity index (χ1n) is 6.73. The number of halogens is 1. The fourth-order valence-corrected chi connectivity index (χ4v) is 3.87. The number of unbranched alkanes of at least 4 members (excludes halogenated alkanes) is 2. The average molecular weight is 330 g/mol. The highest BCUT2D eigenvalue weighted by molar-refractivity contribution is 9.09. The van der Waals surface area contributed by atoms with Gasteiger partial charge in [-0.2, -0.15) is 0 Å². The lowest BCUT2D eigenvalue weighted by Gasteiger charge is -2.21. The number of carbonyl (C=O) groups excluding carboxylic acids is 1. The van der Waals surface area contributed by atoms with Crippen molar-refractivity contribution >= 4 is 33.2 Å². The molecule has 1 atom stereocenters. The van der Waals surface area contributed by atoms with Crippen molar-refractivity contribution in [2.24, 2.45) is 0 Å². The fourth-order valence-electron chi connectivity index (χ4n) is 2.49. The van der Waals surface area contributed by atoms with Crippen LogP contribution in [0.2, 0.25) is 0 Å². The van der Waals surface area contributed by atoms with Gasteiger partial charge in [-0.1, -0.05) is 22.4 Å². The van der Waals surface area contributed by atoms with Crippen LogP contribution in [0.3, 0.4) is 0 Å². The molecule has 0 aromatic carbocycles. The van der Waals surface area contributed by atoms with Gasteiger partial charge >= 0.3 is 0 Å². The first kappa shape index (κ1) is 14.1. The van der Waals surface area contributed by atoms with Crippen molar-refractivity contribution in [3.8, 4) is 0 Å². The van der Waals surface area contributed by atoms with Crippen LogP contribution < -0.4 is 5.32 Å². The van der Waals surface area contributed by atoms with Gasteiger partial charge in [-0.15, -0.1) is 11.3 Å². The minimum atomic E-state index is 0.108. The normalized spacial score (nSPS) is 18.4. The van der Waals surface area contributed by atoms with Crippen molar-refractivity contribution in [3.63, 3.8) is 0 Å². The maximum Gasteiger partial charge on any atom is 0.227 e. The van der Waals surface area contributed by atoms with Gasteiger partial charge in [0.25, 0.3) is 0 Å². The number of alkyl halides is 1. The highest BCUT2D eigenvalue weighted by Crippen LogP contribution is 2.34. The van der Waals surface area contributed by atoms with E-state index in [2.05, 4.69) is 32.7 Å². The van der Waals surface area contributed by atoms with Crippen LogP contribution in [0.15, 0.2) is 11.4 Å². The number of amides is 1. The van der Waals surface area contributed by atoms with E-state index < -0.39 is 0 Å². The third kappa shape index (κ3) is 3.58. The molecule has 18 heavy (non-hydrogen) atoms. The van der Waals surface area contributed by atoms with E-state index in [1.807, 2.05) is 0 Å². The third-order valence-corrected chi connectivity index (χ3v) is 5.04. The van der Waals surface area contributed by atoms with Gasteiger partial charge in [0.15, 0.2) is 0 Å². The fraction of sp³-hybridized carbons (Fsp3) is 0.643. The lowest BCUT2D eigenvalue weighted by Crippen LogP contribution is -2.31. The Balaban J connectivity index is 1.80. The van der Waals surface area contributed by atoms with E-state index in [9.17, 15) is 4.79 Å². The Labute approximate surface area is 121 Å². The lowest BCUT2D eigenvalue weighted by molar-refractivity contribution is -0.122. The molecule has 1 amide bonds. The molecule has 1 unspecified atom stereocenters. The van der Waals surface area contributed by atoms with Crippen molar-refractivity contribution < 1.29 is 4.79 Å². The molecular weight excluding hydrogens is 310 g/mol. The molecule has 1 aromatic rings. The molecule has 100 valence electrons. The highest BCUT2D eigenvalue weighted by atomic mass is 79.9. The van der Waals surface area contributed by atoms with Gasteiger partial charge in [0.05, 0.1) is 5.92 Å². The third-order valence-electron chi connectivity index (χ3n) is 3.48. The second kappa shape index (κ2) is 7.29. The van der Waals surface area contributed by atoms with Crippen molar-refractivity contribution in [1.29, 1.82) is 0 Å². The molecule has 0 saturated heterocycles. The lowest BCUT2D eigenvalue weighted by atomic mass is 9.87. The predicted octanol–water partition coefficient (Wildman–Crippen LogP) is 3.85. The van der Waals surface area contributed by atoms with E-state index in [0.29, 0.717) is 0 Å². The standard InChI is InChI=1S/C14H20BrNOS/c15-8-2-1-3-9-16-14(17)12-5-4-6-13-11(12)7-10-18-13/h7,10,12H,1-6,8-9H2,(H,16,17). The summed E-state index contributed by atoms with van der Waals surface area (Å²) in [4.78, 5) is 13.6. The first-order chi connectivity index (χ1) is 8.83. The zero-order valence-electron chi connectivity index (χ0n) is 10.6. The summed E-state index contributed by atoms with van der Waals surface area (Å²) in [5, 5.41) is 6.27. The van der Waals surface area contributed by atoms with Crippen LogP contribution >= 0.6 is 27.3 Å². The Hall–Kier alpha value is -0.350. The second-order valence-corrected chi connectivity index (χ2v) is 6.58. The number of carbonyl (C=O) groups is 1. The maximum atomic E-state index is 12.2. The number of thiophene rings is 1. The summed E-state index contributed by atoms with van der Waals surface area (Å²) in [5.74, 6) is 0.337. The Bertz CT molecular complexity index is 391. The Morgan fingerprint density at radius 1 is 1.44 bits per heavy atom. The molecule has 0 saturated carbocycles. The van der Waals surface area contributed by atoms with E-state index in [4.69, 9.17) is 0 Å². The van der Waals surface area contributed by atoms with Crippen LogP contribution in [0.1, 0.15) is 48.5 Å². The number of fused-ring (bicyclic) bond motifs is 1. The van der Waals surface area contributed by atoms with Gasteiger partial charge in [-0.05, 0) is 49.1 Å². The zero-order valence-corrected chi connectivity index (χ0v) is 13.0. The molecule has 1 aromatic heterocycles. The van der Waals surface area contributed by atoms with Crippen LogP contribution in [0, 0.1) is 0 Å². The van der Waals surface area contributed by atoms with E-state index >= 15 is 0 Å². The molecule has 1 heterocycles. The molecule has 0 fully saturated rings. The molecule has 2 nitrogen and oxygen atoms in total. The predicted molar refractivity (Wildman–Crippen MR) is 80.7 cm³/mol. The van der Waals surface area contributed by atoms with Crippen molar-refractivity contribution in [2.45, 2.75) is 44.4 Å². The van der Waals surface area contributed by atoms with E-state index in [1.165, 1.54) is 23.3 Å². The van der Waals surface area contributed by atoms with Gasteiger partial charge in [0, 0.05) is 16.8 Å². The van der Waals surface area contributed by atoms with Crippen LogP contribution in [0.5, 0.6) is 0 Å². The zero-order chi connectivity index (χ0) is 12.8. The first-order valence-corrected chi connectivity index (χ1v) is 8.73. The van der Waals surface area contributed by atoms with Gasteiger partial charge in [0.2, 0.25) is 5.91 Å². The SMILES string of the molecule is O=C(NCCCCCBr)C1CCCc2sccc21. The highest BCUT2D eigenvalue weighted by Gasteiger charge is 2.26. The Morgan fingerprint density at radius 2 is 2.33 bits per heavy atom. The Morgan fingerprint density at radius 3 is 3.17 bits per heavy atom. The van der Waals surface area contributed by atoms with Gasteiger partial charge in [-0.3, -0.25) is 4.79 Å². The van der Waals surface area contributed by atoms with Gasteiger partial charge in [0.1, 0.15) is 0 Å². The van der Waals surface area contributed by atoms with E-state index in [-0.39, 0.29) is 11.8 Å². The van der Waals surface area contributed by atoms with Crippen LogP contribution in [-0.2, 0) is 11.2 Å². The molecule has 2 rings (SSSR count).